The zero-order chi connectivity index (χ0) is 30.0. The van der Waals surface area contributed by atoms with Crippen molar-refractivity contribution >= 4 is 39.1 Å². The zero-order valence-electron chi connectivity index (χ0n) is 23.3. The van der Waals surface area contributed by atoms with E-state index < -0.39 is 34.3 Å². The van der Waals surface area contributed by atoms with E-state index in [1.807, 2.05) is 13.8 Å². The van der Waals surface area contributed by atoms with Gasteiger partial charge in [0.2, 0.25) is 11.8 Å². The lowest BCUT2D eigenvalue weighted by atomic mass is 10.1. The summed E-state index contributed by atoms with van der Waals surface area (Å²) < 4.78 is 47.9. The topological polar surface area (TPSA) is 96.0 Å². The van der Waals surface area contributed by atoms with Crippen LogP contribution in [0.25, 0.3) is 0 Å². The normalized spacial score (nSPS) is 11.9. The number of hydrogen-bond donors (Lipinski definition) is 1. The van der Waals surface area contributed by atoms with Crippen LogP contribution in [0.3, 0.4) is 0 Å². The molecule has 0 unspecified atom stereocenters. The van der Waals surface area contributed by atoms with Crippen molar-refractivity contribution in [2.75, 3.05) is 24.0 Å². The second-order valence-electron chi connectivity index (χ2n) is 9.26. The van der Waals surface area contributed by atoms with Gasteiger partial charge >= 0.3 is 0 Å². The molecule has 0 bridgehead atoms. The molecule has 220 valence electrons. The predicted molar refractivity (Wildman–Crippen MR) is 158 cm³/mol. The minimum atomic E-state index is -4.28. The van der Waals surface area contributed by atoms with E-state index in [1.165, 1.54) is 41.3 Å². The summed E-state index contributed by atoms with van der Waals surface area (Å²) in [6.07, 6.45) is 1.02. The molecular weight excluding hydrogens is 569 g/mol. The number of hydrogen-bond acceptors (Lipinski definition) is 5. The highest BCUT2D eigenvalue weighted by Gasteiger charge is 2.33. The molecule has 0 aliphatic rings. The van der Waals surface area contributed by atoms with Crippen LogP contribution in [0.4, 0.5) is 10.1 Å². The molecule has 11 heteroatoms. The zero-order valence-corrected chi connectivity index (χ0v) is 24.9. The standard InChI is InChI=1S/C30H35ClFN3O5S/c1-4-19-33-30(37)28(5-2)34(20-22-7-9-23(31)10-8-22)29(36)21-35(25-13-11-24(32)12-14-25)41(38,39)27-17-15-26(16-18-27)40-6-3/h7-18,28H,4-6,19-21H2,1-3H3,(H,33,37)/t28-/m1/s1. The molecule has 0 saturated carbocycles. The SMILES string of the molecule is CCCNC(=O)[C@@H](CC)N(Cc1ccc(Cl)cc1)C(=O)CN(c1ccc(F)cc1)S(=O)(=O)c1ccc(OCC)cc1. The molecule has 0 aromatic heterocycles. The van der Waals surface area contributed by atoms with Gasteiger partial charge in [0.1, 0.15) is 24.2 Å². The van der Waals surface area contributed by atoms with Gasteiger partial charge in [-0.25, -0.2) is 12.8 Å². The first kappa shape index (κ1) is 31.9. The van der Waals surface area contributed by atoms with Gasteiger partial charge in [0, 0.05) is 18.1 Å². The average Bonchev–Trinajstić information content (AvgIpc) is 2.96. The molecule has 3 aromatic rings. The number of nitrogens with zero attached hydrogens (tertiary/aromatic N) is 2. The summed E-state index contributed by atoms with van der Waals surface area (Å²) in [5.41, 5.74) is 0.816. The summed E-state index contributed by atoms with van der Waals surface area (Å²) in [6, 6.07) is 16.7. The lowest BCUT2D eigenvalue weighted by molar-refractivity contribution is -0.140. The number of carbonyl (C=O) groups excluding carboxylic acids is 2. The molecule has 41 heavy (non-hydrogen) atoms. The molecular formula is C30H35ClFN3O5S. The van der Waals surface area contributed by atoms with Gasteiger partial charge in [-0.05, 0) is 86.0 Å². The number of sulfonamides is 1. The van der Waals surface area contributed by atoms with Gasteiger partial charge in [0.05, 0.1) is 17.2 Å². The van der Waals surface area contributed by atoms with Crippen LogP contribution in [-0.2, 0) is 26.2 Å². The van der Waals surface area contributed by atoms with Crippen LogP contribution in [0.5, 0.6) is 5.75 Å². The molecule has 3 rings (SSSR count). The minimum Gasteiger partial charge on any atom is -0.494 e. The molecule has 0 spiro atoms. The Bertz CT molecular complexity index is 1400. The van der Waals surface area contributed by atoms with Crippen LogP contribution >= 0.6 is 11.6 Å². The maximum atomic E-state index is 14.0. The summed E-state index contributed by atoms with van der Waals surface area (Å²) in [5, 5.41) is 3.35. The smallest absolute Gasteiger partial charge is 0.264 e. The third-order valence-electron chi connectivity index (χ3n) is 6.32. The van der Waals surface area contributed by atoms with Gasteiger partial charge in [-0.1, -0.05) is 37.6 Å². The fraction of sp³-hybridized carbons (Fsp3) is 0.333. The van der Waals surface area contributed by atoms with Crippen LogP contribution < -0.4 is 14.4 Å². The van der Waals surface area contributed by atoms with Gasteiger partial charge in [0.25, 0.3) is 10.0 Å². The van der Waals surface area contributed by atoms with Crippen LogP contribution in [0.1, 0.15) is 39.2 Å². The number of nitrogens with one attached hydrogen (secondary N) is 1. The van der Waals surface area contributed by atoms with E-state index in [9.17, 15) is 22.4 Å². The van der Waals surface area contributed by atoms with E-state index in [0.717, 1.165) is 16.4 Å². The molecule has 0 heterocycles. The molecule has 2 amide bonds. The molecule has 0 fully saturated rings. The number of anilines is 1. The lowest BCUT2D eigenvalue weighted by Crippen LogP contribution is -2.52. The third kappa shape index (κ3) is 8.43. The van der Waals surface area contributed by atoms with Crippen molar-refractivity contribution in [1.82, 2.24) is 10.2 Å². The number of rotatable bonds is 14. The third-order valence-corrected chi connectivity index (χ3v) is 8.36. The van der Waals surface area contributed by atoms with Gasteiger partial charge in [0.15, 0.2) is 0 Å². The highest BCUT2D eigenvalue weighted by Crippen LogP contribution is 2.26. The highest BCUT2D eigenvalue weighted by molar-refractivity contribution is 7.92. The number of benzene rings is 3. The van der Waals surface area contributed by atoms with E-state index in [2.05, 4.69) is 5.32 Å². The van der Waals surface area contributed by atoms with Crippen molar-refractivity contribution in [1.29, 1.82) is 0 Å². The number of amides is 2. The van der Waals surface area contributed by atoms with Gasteiger partial charge in [-0.15, -0.1) is 0 Å². The summed E-state index contributed by atoms with van der Waals surface area (Å²) in [7, 11) is -4.28. The summed E-state index contributed by atoms with van der Waals surface area (Å²) in [4.78, 5) is 28.4. The summed E-state index contributed by atoms with van der Waals surface area (Å²) in [6.45, 7) is 5.80. The predicted octanol–water partition coefficient (Wildman–Crippen LogP) is 5.41. The molecule has 8 nitrogen and oxygen atoms in total. The van der Waals surface area contributed by atoms with E-state index in [1.54, 1.807) is 31.2 Å². The molecule has 3 aromatic carbocycles. The Morgan fingerprint density at radius 1 is 0.951 bits per heavy atom. The molecule has 0 saturated heterocycles. The average molecular weight is 604 g/mol. The van der Waals surface area contributed by atoms with Crippen molar-refractivity contribution < 1.29 is 27.1 Å². The maximum Gasteiger partial charge on any atom is 0.264 e. The summed E-state index contributed by atoms with van der Waals surface area (Å²) in [5.74, 6) is -0.993. The Balaban J connectivity index is 2.03. The Hall–Kier alpha value is -3.63. The van der Waals surface area contributed by atoms with Crippen LogP contribution in [-0.4, -0.2) is 50.9 Å². The molecule has 1 N–H and O–H groups in total. The number of ether oxygens (including phenoxy) is 1. The first-order valence-corrected chi connectivity index (χ1v) is 15.2. The molecule has 0 aliphatic heterocycles. The van der Waals surface area contributed by atoms with Crippen LogP contribution in [0.2, 0.25) is 5.02 Å². The van der Waals surface area contributed by atoms with E-state index in [-0.39, 0.29) is 23.0 Å². The van der Waals surface area contributed by atoms with Crippen molar-refractivity contribution in [2.45, 2.75) is 51.1 Å². The monoisotopic (exact) mass is 603 g/mol. The largest absolute Gasteiger partial charge is 0.494 e. The van der Waals surface area contributed by atoms with E-state index in [0.29, 0.717) is 42.3 Å². The lowest BCUT2D eigenvalue weighted by Gasteiger charge is -2.33. The van der Waals surface area contributed by atoms with Crippen LogP contribution in [0.15, 0.2) is 77.7 Å². The second-order valence-corrected chi connectivity index (χ2v) is 11.6. The Labute approximate surface area is 246 Å². The van der Waals surface area contributed by atoms with Crippen molar-refractivity contribution in [3.8, 4) is 5.75 Å². The van der Waals surface area contributed by atoms with E-state index >= 15 is 0 Å². The van der Waals surface area contributed by atoms with Gasteiger partial charge in [-0.3, -0.25) is 13.9 Å². The first-order chi connectivity index (χ1) is 19.6. The van der Waals surface area contributed by atoms with Crippen molar-refractivity contribution in [3.05, 3.63) is 89.2 Å². The van der Waals surface area contributed by atoms with Gasteiger partial charge < -0.3 is 15.0 Å². The molecule has 0 aliphatic carbocycles. The Morgan fingerprint density at radius 3 is 2.15 bits per heavy atom. The van der Waals surface area contributed by atoms with Crippen LogP contribution in [0, 0.1) is 5.82 Å². The fourth-order valence-corrected chi connectivity index (χ4v) is 5.75. The number of halogens is 2. The highest BCUT2D eigenvalue weighted by atomic mass is 35.5. The van der Waals surface area contributed by atoms with Crippen molar-refractivity contribution in [3.63, 3.8) is 0 Å². The van der Waals surface area contributed by atoms with Crippen molar-refractivity contribution in [2.24, 2.45) is 0 Å². The second kappa shape index (κ2) is 14.8. The number of carbonyl (C=O) groups is 2. The quantitative estimate of drug-likeness (QED) is 0.266. The minimum absolute atomic E-state index is 0.0500. The first-order valence-electron chi connectivity index (χ1n) is 13.4. The maximum absolute atomic E-state index is 14.0. The van der Waals surface area contributed by atoms with E-state index in [4.69, 9.17) is 16.3 Å². The Morgan fingerprint density at radius 2 is 1.59 bits per heavy atom. The fourth-order valence-electron chi connectivity index (χ4n) is 4.21. The molecule has 0 radical (unpaired) electrons. The summed E-state index contributed by atoms with van der Waals surface area (Å²) >= 11 is 6.04. The Kier molecular flexibility index (Phi) is 11.5. The molecule has 1 atom stereocenters. The van der Waals surface area contributed by atoms with Gasteiger partial charge in [-0.2, -0.15) is 0 Å².